The van der Waals surface area contributed by atoms with Crippen LogP contribution in [0.4, 0.5) is 4.39 Å². The third-order valence-corrected chi connectivity index (χ3v) is 3.82. The molecule has 1 aliphatic carbocycles. The molecule has 2 aliphatic rings. The standard InChI is InChI=1S/C13H21FN2O2/c14-7-4-8-15-11-9-12(17)16(13(11)18)10-5-2-1-3-6-10/h10-11,15H,1-9H2. The van der Waals surface area contributed by atoms with E-state index in [0.717, 1.165) is 25.7 Å². The van der Waals surface area contributed by atoms with Crippen LogP contribution < -0.4 is 5.32 Å². The minimum absolute atomic E-state index is 0.0651. The number of nitrogens with one attached hydrogen (secondary N) is 1. The number of likely N-dealkylation sites (tertiary alicyclic amines) is 1. The lowest BCUT2D eigenvalue weighted by Crippen LogP contribution is -2.44. The Hall–Kier alpha value is -0.970. The molecule has 1 aliphatic heterocycles. The number of nitrogens with zero attached hydrogens (tertiary/aromatic N) is 1. The summed E-state index contributed by atoms with van der Waals surface area (Å²) in [6.07, 6.45) is 5.90. The van der Waals surface area contributed by atoms with Crippen LogP contribution in [0.25, 0.3) is 0 Å². The van der Waals surface area contributed by atoms with E-state index in [0.29, 0.717) is 13.0 Å². The molecule has 2 rings (SSSR count). The summed E-state index contributed by atoms with van der Waals surface area (Å²) >= 11 is 0. The first kappa shape index (κ1) is 13.5. The Morgan fingerprint density at radius 2 is 1.94 bits per heavy atom. The molecule has 0 aromatic carbocycles. The molecule has 2 fully saturated rings. The highest BCUT2D eigenvalue weighted by molar-refractivity contribution is 6.05. The Labute approximate surface area is 107 Å². The van der Waals surface area contributed by atoms with Crippen LogP contribution in [0.2, 0.25) is 0 Å². The van der Waals surface area contributed by atoms with Crippen LogP contribution in [0, 0.1) is 0 Å². The Balaban J connectivity index is 1.91. The van der Waals surface area contributed by atoms with Gasteiger partial charge in [-0.25, -0.2) is 0 Å². The van der Waals surface area contributed by atoms with Crippen LogP contribution in [-0.2, 0) is 9.59 Å². The van der Waals surface area contributed by atoms with Gasteiger partial charge in [0.1, 0.15) is 0 Å². The third-order valence-electron chi connectivity index (χ3n) is 3.82. The van der Waals surface area contributed by atoms with Crippen molar-refractivity contribution in [3.05, 3.63) is 0 Å². The quantitative estimate of drug-likeness (QED) is 0.597. The summed E-state index contributed by atoms with van der Waals surface area (Å²) < 4.78 is 12.0. The molecular formula is C13H21FN2O2. The summed E-state index contributed by atoms with van der Waals surface area (Å²) in [5, 5.41) is 2.98. The van der Waals surface area contributed by atoms with E-state index in [9.17, 15) is 14.0 Å². The van der Waals surface area contributed by atoms with Gasteiger partial charge >= 0.3 is 0 Å². The first-order chi connectivity index (χ1) is 8.74. The summed E-state index contributed by atoms with van der Waals surface area (Å²) in [6.45, 7) is 0.0624. The summed E-state index contributed by atoms with van der Waals surface area (Å²) in [5.41, 5.74) is 0. The molecule has 102 valence electrons. The van der Waals surface area contributed by atoms with Gasteiger partial charge in [0.05, 0.1) is 19.1 Å². The van der Waals surface area contributed by atoms with E-state index in [1.165, 1.54) is 11.3 Å². The zero-order chi connectivity index (χ0) is 13.0. The molecule has 0 radical (unpaired) electrons. The SMILES string of the molecule is O=C1CC(NCCCF)C(=O)N1C1CCCCC1. The Kier molecular flexibility index (Phi) is 4.69. The molecule has 0 spiro atoms. The van der Waals surface area contributed by atoms with E-state index in [1.807, 2.05) is 0 Å². The van der Waals surface area contributed by atoms with Crippen molar-refractivity contribution in [3.63, 3.8) is 0 Å². The maximum atomic E-state index is 12.2. The number of halogens is 1. The molecule has 2 amide bonds. The van der Waals surface area contributed by atoms with Crippen molar-refractivity contribution in [1.82, 2.24) is 10.2 Å². The molecule has 1 saturated carbocycles. The molecule has 1 heterocycles. The van der Waals surface area contributed by atoms with Crippen molar-refractivity contribution in [1.29, 1.82) is 0 Å². The average Bonchev–Trinajstić information content (AvgIpc) is 2.66. The van der Waals surface area contributed by atoms with Crippen molar-refractivity contribution in [3.8, 4) is 0 Å². The lowest BCUT2D eigenvalue weighted by atomic mass is 9.94. The van der Waals surface area contributed by atoms with Crippen LogP contribution in [0.1, 0.15) is 44.9 Å². The van der Waals surface area contributed by atoms with E-state index < -0.39 is 12.7 Å². The van der Waals surface area contributed by atoms with Gasteiger partial charge in [0.15, 0.2) is 0 Å². The fourth-order valence-electron chi connectivity index (χ4n) is 2.88. The molecule has 0 aromatic heterocycles. The lowest BCUT2D eigenvalue weighted by Gasteiger charge is -2.29. The van der Waals surface area contributed by atoms with Crippen molar-refractivity contribution in [2.45, 2.75) is 57.0 Å². The molecule has 1 saturated heterocycles. The minimum atomic E-state index is -0.425. The maximum Gasteiger partial charge on any atom is 0.247 e. The smallest absolute Gasteiger partial charge is 0.247 e. The van der Waals surface area contributed by atoms with Gasteiger partial charge in [0.25, 0.3) is 0 Å². The van der Waals surface area contributed by atoms with Gasteiger partial charge in [-0.15, -0.1) is 0 Å². The fourth-order valence-corrected chi connectivity index (χ4v) is 2.88. The van der Waals surface area contributed by atoms with Gasteiger partial charge in [-0.05, 0) is 25.8 Å². The second-order valence-corrected chi connectivity index (χ2v) is 5.15. The predicted octanol–water partition coefficient (Wildman–Crippen LogP) is 1.40. The molecule has 0 bridgehead atoms. The maximum absolute atomic E-state index is 12.2. The number of rotatable bonds is 5. The zero-order valence-corrected chi connectivity index (χ0v) is 10.7. The van der Waals surface area contributed by atoms with Crippen LogP contribution in [0.3, 0.4) is 0 Å². The van der Waals surface area contributed by atoms with Gasteiger partial charge < -0.3 is 5.32 Å². The number of amides is 2. The number of carbonyl (C=O) groups excluding carboxylic acids is 2. The summed E-state index contributed by atoms with van der Waals surface area (Å²) in [6, 6.07) is -0.322. The molecule has 1 N–H and O–H groups in total. The second-order valence-electron chi connectivity index (χ2n) is 5.15. The monoisotopic (exact) mass is 256 g/mol. The lowest BCUT2D eigenvalue weighted by molar-refractivity contribution is -0.142. The van der Waals surface area contributed by atoms with E-state index in [4.69, 9.17) is 0 Å². The molecule has 18 heavy (non-hydrogen) atoms. The number of imide groups is 1. The molecule has 0 aromatic rings. The highest BCUT2D eigenvalue weighted by atomic mass is 19.1. The molecule has 1 unspecified atom stereocenters. The summed E-state index contributed by atoms with van der Waals surface area (Å²) in [7, 11) is 0. The van der Waals surface area contributed by atoms with Gasteiger partial charge in [-0.3, -0.25) is 18.9 Å². The first-order valence-electron chi connectivity index (χ1n) is 6.89. The van der Waals surface area contributed by atoms with Crippen LogP contribution in [-0.4, -0.2) is 42.0 Å². The van der Waals surface area contributed by atoms with Gasteiger partial charge in [-0.1, -0.05) is 19.3 Å². The van der Waals surface area contributed by atoms with Crippen LogP contribution in [0.15, 0.2) is 0 Å². The topological polar surface area (TPSA) is 49.4 Å². The first-order valence-corrected chi connectivity index (χ1v) is 6.89. The third kappa shape index (κ3) is 2.88. The Morgan fingerprint density at radius 1 is 1.22 bits per heavy atom. The Bertz CT molecular complexity index is 316. The molecule has 5 heteroatoms. The van der Waals surface area contributed by atoms with E-state index >= 15 is 0 Å². The number of alkyl halides is 1. The molecule has 4 nitrogen and oxygen atoms in total. The average molecular weight is 256 g/mol. The predicted molar refractivity (Wildman–Crippen MR) is 65.7 cm³/mol. The van der Waals surface area contributed by atoms with Gasteiger partial charge in [-0.2, -0.15) is 0 Å². The summed E-state index contributed by atoms with van der Waals surface area (Å²) in [5.74, 6) is -0.171. The van der Waals surface area contributed by atoms with E-state index in [2.05, 4.69) is 5.32 Å². The summed E-state index contributed by atoms with van der Waals surface area (Å²) in [4.78, 5) is 25.5. The van der Waals surface area contributed by atoms with Crippen molar-refractivity contribution in [2.75, 3.05) is 13.2 Å². The minimum Gasteiger partial charge on any atom is -0.305 e. The molecular weight excluding hydrogens is 235 g/mol. The number of hydrogen-bond donors (Lipinski definition) is 1. The zero-order valence-electron chi connectivity index (χ0n) is 10.7. The van der Waals surface area contributed by atoms with Crippen molar-refractivity contribution < 1.29 is 14.0 Å². The fraction of sp³-hybridized carbons (Fsp3) is 0.846. The normalized spacial score (nSPS) is 26.1. The molecule has 1 atom stereocenters. The van der Waals surface area contributed by atoms with Crippen LogP contribution in [0.5, 0.6) is 0 Å². The van der Waals surface area contributed by atoms with Gasteiger partial charge in [0, 0.05) is 6.04 Å². The van der Waals surface area contributed by atoms with Gasteiger partial charge in [0.2, 0.25) is 11.8 Å². The van der Waals surface area contributed by atoms with Crippen LogP contribution >= 0.6 is 0 Å². The van der Waals surface area contributed by atoms with E-state index in [1.54, 1.807) is 0 Å². The Morgan fingerprint density at radius 3 is 2.61 bits per heavy atom. The van der Waals surface area contributed by atoms with E-state index in [-0.39, 0.29) is 24.3 Å². The van der Waals surface area contributed by atoms with Crippen molar-refractivity contribution in [2.24, 2.45) is 0 Å². The highest BCUT2D eigenvalue weighted by Gasteiger charge is 2.41. The highest BCUT2D eigenvalue weighted by Crippen LogP contribution is 2.27. The number of carbonyl (C=O) groups is 2. The second kappa shape index (κ2) is 6.27. The van der Waals surface area contributed by atoms with Crippen molar-refractivity contribution >= 4 is 11.8 Å². The number of hydrogen-bond acceptors (Lipinski definition) is 3. The largest absolute Gasteiger partial charge is 0.305 e.